The summed E-state index contributed by atoms with van der Waals surface area (Å²) in [5.41, 5.74) is 0.873. The standard InChI is InChI=1S/C19H28N6S/c1-2-20-18(21-14-17-23-22-16-8-4-7-11-25(16)17)24-12-13-26-19(15-24)9-5-3-6-10-19/h4,7-8,11H,2-3,5-6,9-10,12-15H2,1H3,(H,20,21). The highest BCUT2D eigenvalue weighted by atomic mass is 32.2. The van der Waals surface area contributed by atoms with Crippen LogP contribution in [-0.4, -0.2) is 55.6 Å². The molecule has 2 fully saturated rings. The van der Waals surface area contributed by atoms with Gasteiger partial charge in [0.1, 0.15) is 6.54 Å². The molecular weight excluding hydrogens is 344 g/mol. The largest absolute Gasteiger partial charge is 0.357 e. The molecule has 0 amide bonds. The highest BCUT2D eigenvalue weighted by Crippen LogP contribution is 2.42. The number of aromatic nitrogens is 3. The summed E-state index contributed by atoms with van der Waals surface area (Å²) in [5.74, 6) is 3.10. The molecule has 7 heteroatoms. The van der Waals surface area contributed by atoms with Gasteiger partial charge in [0.15, 0.2) is 17.4 Å². The van der Waals surface area contributed by atoms with Gasteiger partial charge in [0.2, 0.25) is 0 Å². The van der Waals surface area contributed by atoms with Crippen LogP contribution in [0.25, 0.3) is 5.65 Å². The second kappa shape index (κ2) is 7.86. The Balaban J connectivity index is 1.52. The first kappa shape index (κ1) is 17.6. The number of thioether (sulfide) groups is 1. The van der Waals surface area contributed by atoms with E-state index in [-0.39, 0.29) is 0 Å². The van der Waals surface area contributed by atoms with Crippen molar-refractivity contribution in [3.05, 3.63) is 30.2 Å². The number of hydrogen-bond donors (Lipinski definition) is 1. The lowest BCUT2D eigenvalue weighted by Gasteiger charge is -2.45. The Morgan fingerprint density at radius 1 is 1.27 bits per heavy atom. The fraction of sp³-hybridized carbons (Fsp3) is 0.632. The molecule has 26 heavy (non-hydrogen) atoms. The highest BCUT2D eigenvalue weighted by molar-refractivity contribution is 8.00. The summed E-state index contributed by atoms with van der Waals surface area (Å²) in [7, 11) is 0. The first-order valence-corrected chi connectivity index (χ1v) is 10.7. The minimum absolute atomic E-state index is 0.439. The smallest absolute Gasteiger partial charge is 0.194 e. The van der Waals surface area contributed by atoms with Gasteiger partial charge in [-0.3, -0.25) is 4.40 Å². The lowest BCUT2D eigenvalue weighted by Crippen LogP contribution is -2.53. The molecule has 2 aliphatic rings. The van der Waals surface area contributed by atoms with Gasteiger partial charge in [-0.15, -0.1) is 10.2 Å². The van der Waals surface area contributed by atoms with Gasteiger partial charge in [0.25, 0.3) is 0 Å². The van der Waals surface area contributed by atoms with Crippen LogP contribution in [0.2, 0.25) is 0 Å². The van der Waals surface area contributed by atoms with Gasteiger partial charge in [-0.25, -0.2) is 4.99 Å². The minimum Gasteiger partial charge on any atom is -0.357 e. The molecule has 0 aromatic carbocycles. The molecule has 4 rings (SSSR count). The SMILES string of the molecule is CCNC(=NCc1nnc2ccccn12)N1CCSC2(CCCCC2)C1. The second-order valence-electron chi connectivity index (χ2n) is 7.23. The Hall–Kier alpha value is -1.76. The Labute approximate surface area is 159 Å². The van der Waals surface area contributed by atoms with Crippen LogP contribution in [0.3, 0.4) is 0 Å². The molecule has 0 bridgehead atoms. The number of hydrogen-bond acceptors (Lipinski definition) is 4. The van der Waals surface area contributed by atoms with E-state index in [1.807, 2.05) is 28.8 Å². The average Bonchev–Trinajstić information content (AvgIpc) is 3.09. The van der Waals surface area contributed by atoms with Crippen LogP contribution in [0.1, 0.15) is 44.9 Å². The van der Waals surface area contributed by atoms with Gasteiger partial charge in [-0.2, -0.15) is 11.8 Å². The predicted octanol–water partition coefficient (Wildman–Crippen LogP) is 2.95. The summed E-state index contributed by atoms with van der Waals surface area (Å²) < 4.78 is 2.45. The van der Waals surface area contributed by atoms with Gasteiger partial charge >= 0.3 is 0 Å². The molecule has 2 aromatic rings. The summed E-state index contributed by atoms with van der Waals surface area (Å²) in [6.45, 7) is 5.75. The summed E-state index contributed by atoms with van der Waals surface area (Å²) in [4.78, 5) is 7.37. The third-order valence-corrected chi connectivity index (χ3v) is 6.94. The molecule has 6 nitrogen and oxygen atoms in total. The van der Waals surface area contributed by atoms with E-state index in [0.29, 0.717) is 11.3 Å². The van der Waals surface area contributed by atoms with E-state index in [9.17, 15) is 0 Å². The van der Waals surface area contributed by atoms with Gasteiger partial charge < -0.3 is 10.2 Å². The van der Waals surface area contributed by atoms with Crippen LogP contribution in [0, 0.1) is 0 Å². The van der Waals surface area contributed by atoms with Crippen molar-refractivity contribution in [2.24, 2.45) is 4.99 Å². The molecular formula is C19H28N6S. The number of guanidine groups is 1. The maximum absolute atomic E-state index is 4.91. The normalized spacial score (nSPS) is 20.7. The fourth-order valence-electron chi connectivity index (χ4n) is 4.09. The summed E-state index contributed by atoms with van der Waals surface area (Å²) in [5, 5.41) is 12.0. The lowest BCUT2D eigenvalue weighted by atomic mass is 9.87. The second-order valence-corrected chi connectivity index (χ2v) is 8.79. The lowest BCUT2D eigenvalue weighted by molar-refractivity contribution is 0.293. The van der Waals surface area contributed by atoms with Crippen molar-refractivity contribution in [3.63, 3.8) is 0 Å². The first-order chi connectivity index (χ1) is 12.8. The van der Waals surface area contributed by atoms with Crippen molar-refractivity contribution in [3.8, 4) is 0 Å². The molecule has 0 unspecified atom stereocenters. The third-order valence-electron chi connectivity index (χ3n) is 5.40. The Kier molecular flexibility index (Phi) is 5.33. The van der Waals surface area contributed by atoms with Crippen LogP contribution in [0.4, 0.5) is 0 Å². The van der Waals surface area contributed by atoms with Crippen molar-refractivity contribution in [2.45, 2.75) is 50.3 Å². The zero-order valence-corrected chi connectivity index (χ0v) is 16.3. The molecule has 2 aromatic heterocycles. The monoisotopic (exact) mass is 372 g/mol. The zero-order chi connectivity index (χ0) is 17.8. The average molecular weight is 373 g/mol. The zero-order valence-electron chi connectivity index (χ0n) is 15.5. The van der Waals surface area contributed by atoms with Gasteiger partial charge in [0, 0.05) is 36.3 Å². The molecule has 1 aliphatic carbocycles. The summed E-state index contributed by atoms with van der Waals surface area (Å²) in [6, 6.07) is 5.96. The quantitative estimate of drug-likeness (QED) is 0.663. The van der Waals surface area contributed by atoms with Gasteiger partial charge in [0.05, 0.1) is 0 Å². The predicted molar refractivity (Wildman–Crippen MR) is 108 cm³/mol. The fourth-order valence-corrected chi connectivity index (χ4v) is 5.66. The van der Waals surface area contributed by atoms with E-state index >= 15 is 0 Å². The first-order valence-electron chi connectivity index (χ1n) is 9.75. The number of nitrogens with zero attached hydrogens (tertiary/aromatic N) is 5. The molecule has 1 spiro atoms. The number of fused-ring (bicyclic) bond motifs is 1. The van der Waals surface area contributed by atoms with Crippen molar-refractivity contribution in [1.29, 1.82) is 0 Å². The van der Waals surface area contributed by atoms with E-state index in [1.54, 1.807) is 0 Å². The summed E-state index contributed by atoms with van der Waals surface area (Å²) >= 11 is 2.19. The van der Waals surface area contributed by atoms with Crippen LogP contribution >= 0.6 is 11.8 Å². The number of nitrogens with one attached hydrogen (secondary N) is 1. The molecule has 0 radical (unpaired) electrons. The highest BCUT2D eigenvalue weighted by Gasteiger charge is 2.38. The van der Waals surface area contributed by atoms with E-state index in [1.165, 1.54) is 37.9 Å². The molecule has 1 N–H and O–H groups in total. The Morgan fingerprint density at radius 3 is 3.00 bits per heavy atom. The maximum Gasteiger partial charge on any atom is 0.194 e. The van der Waals surface area contributed by atoms with Crippen molar-refractivity contribution in [1.82, 2.24) is 24.8 Å². The van der Waals surface area contributed by atoms with Crippen molar-refractivity contribution >= 4 is 23.4 Å². The van der Waals surface area contributed by atoms with E-state index < -0.39 is 0 Å². The molecule has 140 valence electrons. The molecule has 1 aliphatic heterocycles. The Bertz CT molecular complexity index is 759. The van der Waals surface area contributed by atoms with Crippen LogP contribution < -0.4 is 5.32 Å². The van der Waals surface area contributed by atoms with E-state index in [0.717, 1.165) is 37.1 Å². The Morgan fingerprint density at radius 2 is 2.15 bits per heavy atom. The topological polar surface area (TPSA) is 57.8 Å². The molecule has 1 saturated heterocycles. The number of rotatable bonds is 3. The molecule has 3 heterocycles. The van der Waals surface area contributed by atoms with Crippen molar-refractivity contribution < 1.29 is 0 Å². The molecule has 0 atom stereocenters. The van der Waals surface area contributed by atoms with E-state index in [4.69, 9.17) is 4.99 Å². The van der Waals surface area contributed by atoms with Crippen LogP contribution in [0.5, 0.6) is 0 Å². The van der Waals surface area contributed by atoms with Gasteiger partial charge in [-0.05, 0) is 31.9 Å². The van der Waals surface area contributed by atoms with Crippen molar-refractivity contribution in [2.75, 3.05) is 25.4 Å². The van der Waals surface area contributed by atoms with E-state index in [2.05, 4.69) is 39.1 Å². The summed E-state index contributed by atoms with van der Waals surface area (Å²) in [6.07, 6.45) is 8.85. The maximum atomic E-state index is 4.91. The van der Waals surface area contributed by atoms with Crippen LogP contribution in [-0.2, 0) is 6.54 Å². The third kappa shape index (κ3) is 3.68. The van der Waals surface area contributed by atoms with Crippen LogP contribution in [0.15, 0.2) is 29.4 Å². The number of pyridine rings is 1. The molecule has 1 saturated carbocycles. The number of aliphatic imine (C=N–C) groups is 1. The van der Waals surface area contributed by atoms with Gasteiger partial charge in [-0.1, -0.05) is 25.3 Å². The minimum atomic E-state index is 0.439.